The molecule has 1 aliphatic rings. The first-order valence-electron chi connectivity index (χ1n) is 9.11. The van der Waals surface area contributed by atoms with Crippen LogP contribution in [0.5, 0.6) is 0 Å². The number of benzene rings is 1. The van der Waals surface area contributed by atoms with Crippen molar-refractivity contribution in [3.63, 3.8) is 0 Å². The number of carbonyl (C=O) groups excluding carboxylic acids is 1. The number of carbonyl (C=O) groups is 1. The molecule has 4 heteroatoms. The molecule has 3 rings (SSSR count). The molecule has 132 valence electrons. The Balaban J connectivity index is 1.69. The molecule has 0 unspecified atom stereocenters. The fraction of sp³-hybridized carbons (Fsp3) is 0.429. The second kappa shape index (κ2) is 7.68. The van der Waals surface area contributed by atoms with Gasteiger partial charge in [-0.25, -0.2) is 0 Å². The third kappa shape index (κ3) is 4.38. The van der Waals surface area contributed by atoms with E-state index in [4.69, 9.17) is 0 Å². The summed E-state index contributed by atoms with van der Waals surface area (Å²) >= 11 is 0. The van der Waals surface area contributed by atoms with Crippen LogP contribution in [-0.4, -0.2) is 21.7 Å². The molecular weight excluding hydrogens is 310 g/mol. The average Bonchev–Trinajstić information content (AvgIpc) is 3.17. The Morgan fingerprint density at radius 3 is 2.56 bits per heavy atom. The van der Waals surface area contributed by atoms with Crippen LogP contribution in [0.3, 0.4) is 0 Å². The molecule has 0 atom stereocenters. The third-order valence-electron chi connectivity index (χ3n) is 4.99. The largest absolute Gasteiger partial charge is 0.350 e. The lowest BCUT2D eigenvalue weighted by molar-refractivity contribution is -0.117. The topological polar surface area (TPSA) is 46.9 Å². The molecule has 1 aromatic carbocycles. The molecule has 1 aliphatic carbocycles. The van der Waals surface area contributed by atoms with Crippen LogP contribution in [0.2, 0.25) is 0 Å². The molecular formula is C21H27N3O. The van der Waals surface area contributed by atoms with Gasteiger partial charge < -0.3 is 5.32 Å². The van der Waals surface area contributed by atoms with Crippen LogP contribution in [0, 0.1) is 20.8 Å². The summed E-state index contributed by atoms with van der Waals surface area (Å²) < 4.78 is 2.01. The predicted octanol–water partition coefficient (Wildman–Crippen LogP) is 3.93. The summed E-state index contributed by atoms with van der Waals surface area (Å²) in [4.78, 5) is 12.1. The molecule has 1 amide bonds. The van der Waals surface area contributed by atoms with Crippen molar-refractivity contribution in [1.82, 2.24) is 15.1 Å². The molecule has 0 radical (unpaired) electrons. The molecule has 1 heterocycles. The summed E-state index contributed by atoms with van der Waals surface area (Å²) in [5.41, 5.74) is 5.56. The molecule has 25 heavy (non-hydrogen) atoms. The Morgan fingerprint density at radius 2 is 1.88 bits per heavy atom. The van der Waals surface area contributed by atoms with Crippen LogP contribution in [0.25, 0.3) is 6.08 Å². The number of aryl methyl sites for hydroxylation is 2. The molecule has 4 nitrogen and oxygen atoms in total. The highest BCUT2D eigenvalue weighted by atomic mass is 16.1. The molecule has 1 aromatic heterocycles. The van der Waals surface area contributed by atoms with E-state index in [-0.39, 0.29) is 5.91 Å². The van der Waals surface area contributed by atoms with Crippen LogP contribution < -0.4 is 5.32 Å². The van der Waals surface area contributed by atoms with E-state index in [0.717, 1.165) is 36.3 Å². The van der Waals surface area contributed by atoms with Gasteiger partial charge in [0.05, 0.1) is 12.2 Å². The van der Waals surface area contributed by atoms with Gasteiger partial charge in [-0.1, -0.05) is 42.7 Å². The fourth-order valence-electron chi connectivity index (χ4n) is 3.45. The highest BCUT2D eigenvalue weighted by Gasteiger charge is 2.16. The zero-order valence-electron chi connectivity index (χ0n) is 15.4. The Hall–Kier alpha value is -2.36. The van der Waals surface area contributed by atoms with E-state index in [1.165, 1.54) is 24.0 Å². The number of nitrogens with zero attached hydrogens (tertiary/aromatic N) is 2. The van der Waals surface area contributed by atoms with Gasteiger partial charge in [-0.05, 0) is 45.3 Å². The summed E-state index contributed by atoms with van der Waals surface area (Å²) in [5.74, 6) is -0.00279. The molecule has 1 saturated carbocycles. The zero-order chi connectivity index (χ0) is 17.8. The van der Waals surface area contributed by atoms with Gasteiger partial charge in [0, 0.05) is 23.4 Å². The van der Waals surface area contributed by atoms with Crippen molar-refractivity contribution in [1.29, 1.82) is 0 Å². The Morgan fingerprint density at radius 1 is 1.20 bits per heavy atom. The van der Waals surface area contributed by atoms with E-state index >= 15 is 0 Å². The van der Waals surface area contributed by atoms with E-state index in [1.54, 1.807) is 6.08 Å². The first kappa shape index (κ1) is 17.5. The summed E-state index contributed by atoms with van der Waals surface area (Å²) in [6.07, 6.45) is 8.19. The maximum absolute atomic E-state index is 12.1. The lowest BCUT2D eigenvalue weighted by Crippen LogP contribution is -2.30. The van der Waals surface area contributed by atoms with Crippen molar-refractivity contribution in [2.75, 3.05) is 0 Å². The van der Waals surface area contributed by atoms with Crippen LogP contribution in [0.15, 0.2) is 30.3 Å². The number of rotatable bonds is 5. The van der Waals surface area contributed by atoms with Crippen LogP contribution in [0.4, 0.5) is 0 Å². The maximum Gasteiger partial charge on any atom is 0.244 e. The Bertz CT molecular complexity index is 765. The smallest absolute Gasteiger partial charge is 0.244 e. The van der Waals surface area contributed by atoms with Gasteiger partial charge in [0.15, 0.2) is 0 Å². The zero-order valence-corrected chi connectivity index (χ0v) is 15.4. The summed E-state index contributed by atoms with van der Waals surface area (Å²) in [7, 11) is 0. The minimum atomic E-state index is -0.00279. The summed E-state index contributed by atoms with van der Waals surface area (Å²) in [5, 5.41) is 7.73. The van der Waals surface area contributed by atoms with Crippen molar-refractivity contribution < 1.29 is 4.79 Å². The third-order valence-corrected chi connectivity index (χ3v) is 4.99. The number of hydrogen-bond acceptors (Lipinski definition) is 2. The van der Waals surface area contributed by atoms with Gasteiger partial charge in [0.25, 0.3) is 0 Å². The summed E-state index contributed by atoms with van der Waals surface area (Å²) in [6.45, 7) is 6.89. The van der Waals surface area contributed by atoms with Gasteiger partial charge in [0.1, 0.15) is 0 Å². The van der Waals surface area contributed by atoms with Crippen LogP contribution in [-0.2, 0) is 11.3 Å². The standard InChI is InChI=1S/C21H27N3O/c1-15-8-10-18(11-9-15)14-24-17(3)20(16(2)23-24)12-13-21(25)22-19-6-4-5-7-19/h8-13,19H,4-7,14H2,1-3H3,(H,22,25). The van der Waals surface area contributed by atoms with Gasteiger partial charge in [-0.2, -0.15) is 5.10 Å². The highest BCUT2D eigenvalue weighted by molar-refractivity contribution is 5.92. The quantitative estimate of drug-likeness (QED) is 0.840. The Labute approximate surface area is 149 Å². The Kier molecular flexibility index (Phi) is 5.37. The molecule has 0 aliphatic heterocycles. The minimum Gasteiger partial charge on any atom is -0.350 e. The number of aromatic nitrogens is 2. The van der Waals surface area contributed by atoms with Crippen LogP contribution >= 0.6 is 0 Å². The summed E-state index contributed by atoms with van der Waals surface area (Å²) in [6, 6.07) is 8.86. The number of nitrogens with one attached hydrogen (secondary N) is 1. The molecule has 0 saturated heterocycles. The van der Waals surface area contributed by atoms with Crippen molar-refractivity contribution in [2.45, 2.75) is 59.0 Å². The molecule has 1 fully saturated rings. The first-order valence-corrected chi connectivity index (χ1v) is 9.11. The van der Waals surface area contributed by atoms with E-state index in [2.05, 4.69) is 48.5 Å². The normalized spacial score (nSPS) is 15.2. The van der Waals surface area contributed by atoms with E-state index < -0.39 is 0 Å². The maximum atomic E-state index is 12.1. The van der Waals surface area contributed by atoms with Crippen molar-refractivity contribution in [2.24, 2.45) is 0 Å². The van der Waals surface area contributed by atoms with Gasteiger partial charge in [0.2, 0.25) is 5.91 Å². The molecule has 0 bridgehead atoms. The number of amides is 1. The lowest BCUT2D eigenvalue weighted by Gasteiger charge is -2.09. The second-order valence-corrected chi connectivity index (χ2v) is 7.05. The van der Waals surface area contributed by atoms with Crippen molar-refractivity contribution in [3.8, 4) is 0 Å². The van der Waals surface area contributed by atoms with Gasteiger partial charge >= 0.3 is 0 Å². The predicted molar refractivity (Wildman–Crippen MR) is 101 cm³/mol. The average molecular weight is 337 g/mol. The van der Waals surface area contributed by atoms with E-state index in [1.807, 2.05) is 17.7 Å². The highest BCUT2D eigenvalue weighted by Crippen LogP contribution is 2.19. The second-order valence-electron chi connectivity index (χ2n) is 7.05. The molecule has 2 aromatic rings. The van der Waals surface area contributed by atoms with Crippen molar-refractivity contribution in [3.05, 3.63) is 58.4 Å². The van der Waals surface area contributed by atoms with Crippen LogP contribution in [0.1, 0.15) is 53.8 Å². The number of hydrogen-bond donors (Lipinski definition) is 1. The van der Waals surface area contributed by atoms with Gasteiger partial charge in [-0.3, -0.25) is 9.48 Å². The lowest BCUT2D eigenvalue weighted by atomic mass is 10.1. The SMILES string of the molecule is Cc1ccc(Cn2nc(C)c(C=CC(=O)NC3CCCC3)c2C)cc1. The van der Waals surface area contributed by atoms with E-state index in [9.17, 15) is 4.79 Å². The first-order chi connectivity index (χ1) is 12.0. The van der Waals surface area contributed by atoms with E-state index in [0.29, 0.717) is 6.04 Å². The van der Waals surface area contributed by atoms with Crippen molar-refractivity contribution >= 4 is 12.0 Å². The molecule has 0 spiro atoms. The van der Waals surface area contributed by atoms with Gasteiger partial charge in [-0.15, -0.1) is 0 Å². The minimum absolute atomic E-state index is 0.00279. The monoisotopic (exact) mass is 337 g/mol. The molecule has 1 N–H and O–H groups in total. The fourth-order valence-corrected chi connectivity index (χ4v) is 3.45.